The largest absolute Gasteiger partial charge is 0.313 e. The predicted molar refractivity (Wildman–Crippen MR) is 93.1 cm³/mol. The number of thiazole rings is 1. The second kappa shape index (κ2) is 6.41. The number of benzene rings is 1. The Morgan fingerprint density at radius 1 is 1.27 bits per heavy atom. The quantitative estimate of drug-likeness (QED) is 0.900. The van der Waals surface area contributed by atoms with Crippen LogP contribution >= 0.6 is 34.5 Å². The summed E-state index contributed by atoms with van der Waals surface area (Å²) in [5, 5.41) is 0.825. The van der Waals surface area contributed by atoms with Gasteiger partial charge in [0.25, 0.3) is 5.56 Å². The minimum Gasteiger partial charge on any atom is -0.313 e. The van der Waals surface area contributed by atoms with E-state index in [1.54, 1.807) is 24.3 Å². The molecule has 0 amide bonds. The molecule has 0 spiro atoms. The number of hydrogen-bond acceptors (Lipinski definition) is 3. The van der Waals surface area contributed by atoms with Gasteiger partial charge in [0, 0.05) is 11.5 Å². The Balaban J connectivity index is 2.54. The highest BCUT2D eigenvalue weighted by Gasteiger charge is 2.18. The number of aromatic amines is 1. The minimum atomic E-state index is -0.485. The summed E-state index contributed by atoms with van der Waals surface area (Å²) < 4.78 is 0.992. The van der Waals surface area contributed by atoms with E-state index in [-0.39, 0.29) is 11.3 Å². The topological polar surface area (TPSA) is 49.9 Å². The molecule has 116 valence electrons. The third kappa shape index (κ3) is 3.88. The zero-order valence-electron chi connectivity index (χ0n) is 12.4. The summed E-state index contributed by atoms with van der Waals surface area (Å²) in [6.45, 7) is 5.49. The summed E-state index contributed by atoms with van der Waals surface area (Å²) in [4.78, 5) is 26.7. The third-order valence-corrected chi connectivity index (χ3v) is 4.75. The van der Waals surface area contributed by atoms with E-state index in [2.05, 4.69) is 4.98 Å². The zero-order chi connectivity index (χ0) is 16.5. The number of carbonyl (C=O) groups is 1. The first-order valence-electron chi connectivity index (χ1n) is 6.59. The number of hydrogen-bond donors (Lipinski definition) is 1. The summed E-state index contributed by atoms with van der Waals surface area (Å²) in [5.41, 5.74) is -0.0784. The fourth-order valence-corrected chi connectivity index (χ4v) is 2.87. The molecule has 1 heterocycles. The van der Waals surface area contributed by atoms with Crippen LogP contribution in [0.4, 0.5) is 0 Å². The van der Waals surface area contributed by atoms with Crippen LogP contribution < -0.4 is 14.8 Å². The smallest absolute Gasteiger partial charge is 0.266 e. The highest BCUT2D eigenvalue weighted by molar-refractivity contribution is 7.07. The molecule has 0 aliphatic heterocycles. The molecule has 0 bridgehead atoms. The van der Waals surface area contributed by atoms with Crippen molar-refractivity contribution in [2.24, 2.45) is 5.41 Å². The molecule has 0 aliphatic rings. The molecule has 2 rings (SSSR count). The molecule has 0 atom stereocenters. The fourth-order valence-electron chi connectivity index (χ4n) is 1.63. The highest BCUT2D eigenvalue weighted by Crippen LogP contribution is 2.25. The number of nitrogens with one attached hydrogen (secondary N) is 1. The maximum Gasteiger partial charge on any atom is 0.266 e. The van der Waals surface area contributed by atoms with Gasteiger partial charge in [0.05, 0.1) is 19.2 Å². The molecule has 1 aromatic carbocycles. The van der Waals surface area contributed by atoms with Crippen LogP contribution in [-0.2, 0) is 4.79 Å². The standard InChI is InChI=1S/C16H15Cl2NO2S/c1-16(2,3)12(20)8-13-19-15(21)11(22-13)7-9-5-4-6-10(17)14(9)18/h4-8H,1-3H3,(H,19,21)/b11-7-,13-8+. The maximum atomic E-state index is 12.0. The Morgan fingerprint density at radius 3 is 2.59 bits per heavy atom. The molecule has 1 N–H and O–H groups in total. The number of ketones is 1. The predicted octanol–water partition coefficient (Wildman–Crippen LogP) is 2.97. The van der Waals surface area contributed by atoms with Gasteiger partial charge in [-0.1, -0.05) is 56.1 Å². The number of carbonyl (C=O) groups excluding carboxylic acids is 1. The normalized spacial score (nSPS) is 13.7. The molecule has 0 aliphatic carbocycles. The minimum absolute atomic E-state index is 0.0441. The summed E-state index contributed by atoms with van der Waals surface area (Å²) in [6, 6.07) is 5.22. The Kier molecular flexibility index (Phi) is 4.95. The van der Waals surface area contributed by atoms with Crippen molar-refractivity contribution in [1.29, 1.82) is 0 Å². The SMILES string of the molecule is CC(C)(C)C(=O)/C=c1\[nH]c(=O)/c(=C/c2cccc(Cl)c2Cl)s1. The molecule has 1 aromatic heterocycles. The monoisotopic (exact) mass is 355 g/mol. The number of aromatic nitrogens is 1. The molecule has 0 saturated heterocycles. The van der Waals surface area contributed by atoms with Gasteiger partial charge in [-0.2, -0.15) is 0 Å². The van der Waals surface area contributed by atoms with Gasteiger partial charge in [0.2, 0.25) is 0 Å². The number of H-pyrrole nitrogens is 1. The van der Waals surface area contributed by atoms with E-state index < -0.39 is 5.41 Å². The molecule has 0 unspecified atom stereocenters. The van der Waals surface area contributed by atoms with Crippen LogP contribution in [0, 0.1) is 5.41 Å². The molecular formula is C16H15Cl2NO2S. The van der Waals surface area contributed by atoms with Crippen molar-refractivity contribution >= 4 is 52.5 Å². The van der Waals surface area contributed by atoms with Gasteiger partial charge in [-0.25, -0.2) is 0 Å². The fraction of sp³-hybridized carbons (Fsp3) is 0.250. The van der Waals surface area contributed by atoms with E-state index >= 15 is 0 Å². The first-order valence-corrected chi connectivity index (χ1v) is 8.17. The Hall–Kier alpha value is -1.36. The summed E-state index contributed by atoms with van der Waals surface area (Å²) in [6.07, 6.45) is 3.12. The molecule has 22 heavy (non-hydrogen) atoms. The van der Waals surface area contributed by atoms with Gasteiger partial charge in [0.15, 0.2) is 5.78 Å². The number of halogens is 2. The lowest BCUT2D eigenvalue weighted by Crippen LogP contribution is -2.22. The van der Waals surface area contributed by atoms with Crippen LogP contribution in [0.1, 0.15) is 26.3 Å². The second-order valence-corrected chi connectivity index (χ2v) is 7.70. The molecule has 2 aromatic rings. The number of rotatable bonds is 2. The lowest BCUT2D eigenvalue weighted by atomic mass is 9.91. The van der Waals surface area contributed by atoms with E-state index in [4.69, 9.17) is 23.2 Å². The maximum absolute atomic E-state index is 12.0. The number of Topliss-reactive ketones (excluding diaryl/α,β-unsaturated/α-hetero) is 1. The summed E-state index contributed by atoms with van der Waals surface area (Å²) in [7, 11) is 0. The van der Waals surface area contributed by atoms with Crippen LogP contribution in [0.15, 0.2) is 23.0 Å². The van der Waals surface area contributed by atoms with E-state index in [1.165, 1.54) is 17.4 Å². The van der Waals surface area contributed by atoms with Crippen molar-refractivity contribution in [3.8, 4) is 0 Å². The third-order valence-electron chi connectivity index (χ3n) is 2.95. The van der Waals surface area contributed by atoms with Gasteiger partial charge in [-0.05, 0) is 17.7 Å². The first kappa shape index (κ1) is 17.0. The second-order valence-electron chi connectivity index (χ2n) is 5.83. The summed E-state index contributed by atoms with van der Waals surface area (Å²) in [5.74, 6) is -0.0441. The van der Waals surface area contributed by atoms with Crippen molar-refractivity contribution in [3.63, 3.8) is 0 Å². The van der Waals surface area contributed by atoms with Crippen LogP contribution in [0.25, 0.3) is 12.2 Å². The van der Waals surface area contributed by atoms with Crippen molar-refractivity contribution < 1.29 is 4.79 Å². The van der Waals surface area contributed by atoms with Gasteiger partial charge < -0.3 is 4.98 Å². The van der Waals surface area contributed by atoms with E-state index in [0.717, 1.165) is 0 Å². The van der Waals surface area contributed by atoms with Gasteiger partial charge in [-0.15, -0.1) is 11.3 Å². The molecular weight excluding hydrogens is 341 g/mol. The van der Waals surface area contributed by atoms with Crippen LogP contribution in [0.2, 0.25) is 10.0 Å². The lowest BCUT2D eigenvalue weighted by molar-refractivity contribution is -0.119. The van der Waals surface area contributed by atoms with Crippen molar-refractivity contribution in [2.75, 3.05) is 0 Å². The lowest BCUT2D eigenvalue weighted by Gasteiger charge is -2.12. The van der Waals surface area contributed by atoms with Crippen LogP contribution in [0.3, 0.4) is 0 Å². The highest BCUT2D eigenvalue weighted by atomic mass is 35.5. The van der Waals surface area contributed by atoms with Crippen LogP contribution in [0.5, 0.6) is 0 Å². The van der Waals surface area contributed by atoms with Crippen molar-refractivity contribution in [2.45, 2.75) is 20.8 Å². The van der Waals surface area contributed by atoms with Crippen molar-refractivity contribution in [3.05, 3.63) is 53.4 Å². The van der Waals surface area contributed by atoms with Crippen molar-refractivity contribution in [1.82, 2.24) is 4.98 Å². The van der Waals surface area contributed by atoms with E-state index in [0.29, 0.717) is 24.8 Å². The van der Waals surface area contributed by atoms with Gasteiger partial charge in [-0.3, -0.25) is 9.59 Å². The molecule has 0 fully saturated rings. The van der Waals surface area contributed by atoms with E-state index in [1.807, 2.05) is 20.8 Å². The average Bonchev–Trinajstić information content (AvgIpc) is 2.74. The Bertz CT molecular complexity index is 888. The summed E-state index contributed by atoms with van der Waals surface area (Å²) >= 11 is 13.3. The molecule has 6 heteroatoms. The Labute approximate surface area is 141 Å². The molecule has 0 saturated carbocycles. The zero-order valence-corrected chi connectivity index (χ0v) is 14.7. The first-order chi connectivity index (χ1) is 10.2. The van der Waals surface area contributed by atoms with Gasteiger partial charge >= 0.3 is 0 Å². The van der Waals surface area contributed by atoms with Gasteiger partial charge in [0.1, 0.15) is 0 Å². The molecule has 0 radical (unpaired) electrons. The average molecular weight is 356 g/mol. The van der Waals surface area contributed by atoms with E-state index in [9.17, 15) is 9.59 Å². The molecule has 3 nitrogen and oxygen atoms in total. The van der Waals surface area contributed by atoms with Crippen LogP contribution in [-0.4, -0.2) is 10.8 Å². The Morgan fingerprint density at radius 2 is 1.95 bits per heavy atom.